The van der Waals surface area contributed by atoms with E-state index in [1.54, 1.807) is 24.3 Å². The first kappa shape index (κ1) is 75.4. The predicted molar refractivity (Wildman–Crippen MR) is 507 cm³/mol. The van der Waals surface area contributed by atoms with Gasteiger partial charge in [0.25, 0.3) is 0 Å². The maximum absolute atomic E-state index is 8.58. The van der Waals surface area contributed by atoms with Gasteiger partial charge in [-0.25, -0.2) is 39.9 Å². The van der Waals surface area contributed by atoms with Crippen molar-refractivity contribution in [1.29, 1.82) is 0 Å². The van der Waals surface area contributed by atoms with Crippen LogP contribution in [0.5, 0.6) is 0 Å². The molecule has 0 spiro atoms. The molecule has 8 aromatic heterocycles. The monoisotopic (exact) mass is 1710 g/mol. The lowest BCUT2D eigenvalue weighted by Gasteiger charge is -2.32. The number of halogens is 1. The quantitative estimate of drug-likeness (QED) is 0.0585. The summed E-state index contributed by atoms with van der Waals surface area (Å²) in [6, 6.07) is 99.5. The summed E-state index contributed by atoms with van der Waals surface area (Å²) in [6.45, 7) is 0.700. The van der Waals surface area contributed by atoms with Gasteiger partial charge in [-0.15, -0.1) is 62.5 Å². The van der Waals surface area contributed by atoms with Crippen LogP contribution in [0.15, 0.2) is 308 Å². The SMILES string of the molecule is Brc1nc(-c2cc3ccccc3c3ccccc23)c2ccc3ccc(-n4c5ccccc5c5cccnc54)nc3c2n1.OB(O)c1ccccc1.PP(P)P(P)P(P(P)P)P(P)P.c1ccc(-c2nc(-c3cc4ccccc4c4ccccc34)c3ccc4ccc(-n5c6ccccc6c6cccnc65)nc4c3n2)cc1. The predicted octanol–water partition coefficient (Wildman–Crippen LogP) is 25.7. The van der Waals surface area contributed by atoms with Gasteiger partial charge in [0.2, 0.25) is 0 Å². The molecule has 0 amide bonds. The Morgan fingerprint density at radius 2 is 0.718 bits per heavy atom. The second-order valence-corrected chi connectivity index (χ2v) is 71.5. The highest BCUT2D eigenvalue weighted by Crippen LogP contribution is 3.16. The smallest absolute Gasteiger partial charge is 0.423 e. The van der Waals surface area contributed by atoms with Crippen LogP contribution in [0.1, 0.15) is 0 Å². The van der Waals surface area contributed by atoms with Gasteiger partial charge in [-0.1, -0.05) is 206 Å². The molecule has 0 saturated heterocycles. The highest BCUT2D eigenvalue weighted by Gasteiger charge is 2.27. The third kappa shape index (κ3) is 14.7. The van der Waals surface area contributed by atoms with Crippen molar-refractivity contribution in [1.82, 2.24) is 49.0 Å². The van der Waals surface area contributed by atoms with E-state index in [4.69, 9.17) is 49.9 Å². The largest absolute Gasteiger partial charge is 0.488 e. The molecule has 0 aliphatic carbocycles. The Kier molecular flexibility index (Phi) is 22.6. The summed E-state index contributed by atoms with van der Waals surface area (Å²) >= 11 is 3.64. The van der Waals surface area contributed by atoms with Gasteiger partial charge in [0, 0.05) is 72.2 Å². The fourth-order valence-electron chi connectivity index (χ4n) is 14.5. The van der Waals surface area contributed by atoms with E-state index >= 15 is 0 Å². The Bertz CT molecular complexity index is 6820. The van der Waals surface area contributed by atoms with Crippen molar-refractivity contribution < 1.29 is 10.0 Å². The molecule has 20 rings (SSSR count). The summed E-state index contributed by atoms with van der Waals surface area (Å²) < 4.78 is 4.82. The molecule has 0 bridgehead atoms. The number of para-hydroxylation sites is 2. The van der Waals surface area contributed by atoms with E-state index in [0.29, 0.717) is 16.0 Å². The molecule has 26 heteroatoms. The summed E-state index contributed by atoms with van der Waals surface area (Å²) in [6.07, 6.45) is 3.67. The van der Waals surface area contributed by atoms with Crippen molar-refractivity contribution in [3.63, 3.8) is 0 Å². The normalized spacial score (nSPS) is 12.0. The lowest BCUT2D eigenvalue weighted by Crippen LogP contribution is -2.29. The van der Waals surface area contributed by atoms with Crippen molar-refractivity contribution in [3.8, 4) is 45.5 Å². The summed E-state index contributed by atoms with van der Waals surface area (Å²) in [4.78, 5) is 40.6. The molecule has 8 atom stereocenters. The first-order valence-electron chi connectivity index (χ1n) is 34.8. The Morgan fingerprint density at radius 3 is 1.17 bits per heavy atom. The molecule has 534 valence electrons. The molecular formula is C84H66BBrN10O2P12. The van der Waals surface area contributed by atoms with Crippen molar-refractivity contribution in [2.45, 2.75) is 0 Å². The minimum absolute atomic E-state index is 0.103. The zero-order valence-corrected chi connectivity index (χ0v) is 72.6. The van der Waals surface area contributed by atoms with Gasteiger partial charge in [0.15, 0.2) is 10.6 Å². The van der Waals surface area contributed by atoms with Crippen molar-refractivity contribution in [2.24, 2.45) is 0 Å². The van der Waals surface area contributed by atoms with E-state index in [-0.39, 0.29) is 34.9 Å². The molecule has 0 aliphatic rings. The summed E-state index contributed by atoms with van der Waals surface area (Å²) in [5.41, 5.74) is 12.6. The van der Waals surface area contributed by atoms with Gasteiger partial charge in [-0.05, 0) is 184 Å². The van der Waals surface area contributed by atoms with Crippen molar-refractivity contribution in [2.75, 3.05) is 0 Å². The second-order valence-electron chi connectivity index (χ2n) is 25.9. The van der Waals surface area contributed by atoms with Crippen molar-refractivity contribution in [3.05, 3.63) is 308 Å². The third-order valence-corrected chi connectivity index (χ3v) is 86.3. The third-order valence-electron chi connectivity index (χ3n) is 19.3. The Balaban J connectivity index is 0.000000128. The van der Waals surface area contributed by atoms with Gasteiger partial charge >= 0.3 is 7.12 Å². The molecule has 0 aliphatic heterocycles. The van der Waals surface area contributed by atoms with Gasteiger partial charge in [-0.2, -0.15) is 0 Å². The van der Waals surface area contributed by atoms with E-state index in [2.05, 4.69) is 318 Å². The lowest BCUT2D eigenvalue weighted by atomic mass is 9.81. The molecule has 8 heterocycles. The highest BCUT2D eigenvalue weighted by molar-refractivity contribution is 9.21. The van der Waals surface area contributed by atoms with Gasteiger partial charge in [0.05, 0.1) is 33.5 Å². The maximum Gasteiger partial charge on any atom is 0.488 e. The second kappa shape index (κ2) is 33.0. The molecule has 12 nitrogen and oxygen atoms in total. The Morgan fingerprint density at radius 1 is 0.318 bits per heavy atom. The average Bonchev–Trinajstić information content (AvgIpc) is 1.23. The molecule has 0 radical (unpaired) electrons. The van der Waals surface area contributed by atoms with Crippen LogP contribution in [-0.2, 0) is 0 Å². The number of benzene rings is 12. The van der Waals surface area contributed by atoms with Crippen LogP contribution in [0.2, 0.25) is 0 Å². The zero-order chi connectivity index (χ0) is 75.3. The molecule has 0 fully saturated rings. The summed E-state index contributed by atoms with van der Waals surface area (Å²) in [5, 5.41) is 35.1. The van der Waals surface area contributed by atoms with E-state index in [1.807, 2.05) is 48.8 Å². The van der Waals surface area contributed by atoms with Crippen LogP contribution >= 0.6 is 113 Å². The summed E-state index contributed by atoms with van der Waals surface area (Å²) in [5.74, 6) is 2.27. The molecule has 110 heavy (non-hydrogen) atoms. The van der Waals surface area contributed by atoms with Crippen LogP contribution in [0, 0.1) is 0 Å². The number of hydrogen-bond donors (Lipinski definition) is 2. The minimum atomic E-state index is -1.34. The van der Waals surface area contributed by atoms with E-state index in [9.17, 15) is 0 Å². The topological polar surface area (TPSA) is 153 Å². The average molecular weight is 1710 g/mol. The highest BCUT2D eigenvalue weighted by atomic mass is 79.9. The molecule has 0 saturated carbocycles. The van der Waals surface area contributed by atoms with Crippen LogP contribution in [0.25, 0.3) is 176 Å². The van der Waals surface area contributed by atoms with Crippen LogP contribution in [-0.4, -0.2) is 66.2 Å². The van der Waals surface area contributed by atoms with Crippen LogP contribution in [0.4, 0.5) is 0 Å². The first-order valence-corrected chi connectivity index (χ1v) is 56.5. The van der Waals surface area contributed by atoms with E-state index < -0.39 is 7.12 Å². The van der Waals surface area contributed by atoms with E-state index in [0.717, 1.165) is 138 Å². The Hall–Kier alpha value is -7.30. The number of hydrogen-bond acceptors (Lipinski definition) is 10. The van der Waals surface area contributed by atoms with E-state index in [1.165, 1.54) is 32.3 Å². The standard InChI is InChI=1S/C42H25N5.C36H20BrN5.C6H7BO2.H14P12/c1-2-11-27(12-3-1)41-45-39(35-25-28-13-4-5-14-29(28)30-15-6-7-16-31(30)35)34-22-20-26-21-23-37(44-38(26)40(34)46-41)47-36-19-9-8-17-32(36)33-18-10-24-43-42(33)47;37-36-40-33(29-20-22-8-1-2-9-23(22)24-10-3-4-11-25(24)29)28-17-15-21-16-18-31(39-32(21)34(28)41-36)42-30-14-6-5-12-26(30)27-13-7-19-38-35(27)42;8-7(9)6-4-2-1-3-5-6;1-8(2)11(7)12(9(3)4)10(5)6/h1-25H;1-20H;1-5,8-9H;1-7H2. The molecule has 8 unspecified atom stereocenters. The Labute approximate surface area is 664 Å². The minimum Gasteiger partial charge on any atom is -0.423 e. The number of rotatable bonds is 10. The fraction of sp³-hybridized carbons (Fsp3) is 0. The fourth-order valence-corrected chi connectivity index (χ4v) is 117. The number of fused-ring (bicyclic) bond motifs is 18. The number of pyridine rings is 4. The lowest BCUT2D eigenvalue weighted by molar-refractivity contribution is 0.426. The maximum atomic E-state index is 8.58. The molecule has 2 N–H and O–H groups in total. The molecular weight excluding hydrogens is 1640 g/mol. The van der Waals surface area contributed by atoms with Gasteiger partial charge in [-0.3, -0.25) is 9.13 Å². The number of nitrogens with zero attached hydrogens (tertiary/aromatic N) is 10. The summed E-state index contributed by atoms with van der Waals surface area (Å²) in [7, 11) is 19.7. The van der Waals surface area contributed by atoms with Crippen molar-refractivity contribution >= 4 is 257 Å². The first-order chi connectivity index (χ1) is 53.7. The van der Waals surface area contributed by atoms with Crippen LogP contribution < -0.4 is 5.46 Å². The van der Waals surface area contributed by atoms with Gasteiger partial charge < -0.3 is 10.0 Å². The molecule has 12 aromatic carbocycles. The zero-order valence-electron chi connectivity index (χ0n) is 58.5. The van der Waals surface area contributed by atoms with Crippen LogP contribution in [0.3, 0.4) is 0 Å². The number of aromatic nitrogens is 10. The van der Waals surface area contributed by atoms with Gasteiger partial charge in [0.1, 0.15) is 34.0 Å². The molecule has 20 aromatic rings.